The molecular weight excluding hydrogens is 312 g/mol. The van der Waals surface area contributed by atoms with Gasteiger partial charge in [-0.15, -0.1) is 0 Å². The lowest BCUT2D eigenvalue weighted by atomic mass is 9.95. The molecule has 2 rings (SSSR count). The molecule has 124 valence electrons. The molecule has 6 heteroatoms. The lowest BCUT2D eigenvalue weighted by Crippen LogP contribution is -2.45. The highest BCUT2D eigenvalue weighted by atomic mass is 32.1. The molecule has 2 N–H and O–H groups in total. The number of carbonyl (C=O) groups excluding carboxylic acids is 1. The molecule has 23 heavy (non-hydrogen) atoms. The van der Waals surface area contributed by atoms with Crippen LogP contribution in [-0.4, -0.2) is 24.8 Å². The van der Waals surface area contributed by atoms with Gasteiger partial charge in [0.1, 0.15) is 5.75 Å². The summed E-state index contributed by atoms with van der Waals surface area (Å²) >= 11 is 5.24. The molecule has 0 unspecified atom stereocenters. The number of carbonyl (C=O) groups is 1. The third kappa shape index (κ3) is 4.01. The van der Waals surface area contributed by atoms with Crippen LogP contribution >= 0.6 is 12.2 Å². The molecule has 0 radical (unpaired) electrons. The molecule has 0 amide bonds. The average Bonchev–Trinajstić information content (AvgIpc) is 2.54. The highest BCUT2D eigenvalue weighted by molar-refractivity contribution is 7.80. The van der Waals surface area contributed by atoms with Crippen molar-refractivity contribution in [3.05, 3.63) is 41.1 Å². The first-order valence-electron chi connectivity index (χ1n) is 7.66. The van der Waals surface area contributed by atoms with Gasteiger partial charge in [0.25, 0.3) is 0 Å². The summed E-state index contributed by atoms with van der Waals surface area (Å²) in [5.74, 6) is 0.357. The van der Waals surface area contributed by atoms with Crippen molar-refractivity contribution in [1.29, 1.82) is 0 Å². The molecule has 0 saturated carbocycles. The minimum Gasteiger partial charge on any atom is -0.493 e. The lowest BCUT2D eigenvalue weighted by Gasteiger charge is -2.30. The molecule has 1 aliphatic rings. The predicted molar refractivity (Wildman–Crippen MR) is 93.2 cm³/mol. The van der Waals surface area contributed by atoms with Crippen LogP contribution < -0.4 is 15.4 Å². The molecule has 0 spiro atoms. The zero-order valence-corrected chi connectivity index (χ0v) is 14.5. The zero-order valence-electron chi connectivity index (χ0n) is 13.6. The number of allylic oxidation sites excluding steroid dienone is 1. The molecular formula is C17H22N2O3S. The maximum absolute atomic E-state index is 12.2. The summed E-state index contributed by atoms with van der Waals surface area (Å²) < 4.78 is 10.8. The van der Waals surface area contributed by atoms with Crippen molar-refractivity contribution in [2.45, 2.75) is 32.7 Å². The number of thiocarbonyl (C=S) groups is 1. The smallest absolute Gasteiger partial charge is 0.337 e. The predicted octanol–water partition coefficient (Wildman–Crippen LogP) is 2.83. The third-order valence-electron chi connectivity index (χ3n) is 3.66. The first-order valence-corrected chi connectivity index (χ1v) is 8.07. The summed E-state index contributed by atoms with van der Waals surface area (Å²) in [4.78, 5) is 12.2. The number of nitrogens with one attached hydrogen (secondary N) is 2. The fourth-order valence-electron chi connectivity index (χ4n) is 2.48. The Balaban J connectivity index is 2.40. The average molecular weight is 334 g/mol. The molecule has 1 heterocycles. The van der Waals surface area contributed by atoms with Gasteiger partial charge in [0.15, 0.2) is 5.11 Å². The topological polar surface area (TPSA) is 59.6 Å². The van der Waals surface area contributed by atoms with E-state index in [4.69, 9.17) is 21.7 Å². The van der Waals surface area contributed by atoms with Gasteiger partial charge in [-0.25, -0.2) is 4.79 Å². The first kappa shape index (κ1) is 17.3. The van der Waals surface area contributed by atoms with Gasteiger partial charge in [-0.1, -0.05) is 31.5 Å². The number of unbranched alkanes of at least 4 members (excludes halogenated alkanes) is 1. The fraction of sp³-hybridized carbons (Fsp3) is 0.412. The van der Waals surface area contributed by atoms with Crippen LogP contribution in [0.4, 0.5) is 0 Å². The second kappa shape index (κ2) is 7.97. The molecule has 0 saturated heterocycles. The van der Waals surface area contributed by atoms with Gasteiger partial charge >= 0.3 is 5.97 Å². The van der Waals surface area contributed by atoms with Gasteiger partial charge in [-0.2, -0.15) is 0 Å². The van der Waals surface area contributed by atoms with E-state index in [0.29, 0.717) is 23.0 Å². The molecule has 5 nitrogen and oxygen atoms in total. The summed E-state index contributed by atoms with van der Waals surface area (Å²) in [7, 11) is 1.37. The van der Waals surface area contributed by atoms with E-state index in [0.717, 1.165) is 24.2 Å². The van der Waals surface area contributed by atoms with E-state index in [1.165, 1.54) is 7.11 Å². The first-order chi connectivity index (χ1) is 11.1. The number of esters is 1. The van der Waals surface area contributed by atoms with E-state index in [9.17, 15) is 4.79 Å². The standard InChI is InChI=1S/C17H22N2O3S/c1-4-5-10-22-13-9-7-6-8-12(13)15-14(16(20)21-3)11(2)18-17(23)19-15/h6-9,15H,4-5,10H2,1-3H3,(H2,18,19,23)/t15-/m0/s1. The Morgan fingerprint density at radius 3 is 2.78 bits per heavy atom. The Labute approximate surface area is 142 Å². The van der Waals surface area contributed by atoms with E-state index >= 15 is 0 Å². The van der Waals surface area contributed by atoms with Gasteiger partial charge in [0.2, 0.25) is 0 Å². The number of para-hydroxylation sites is 1. The summed E-state index contributed by atoms with van der Waals surface area (Å²) in [6.45, 7) is 4.57. The second-order valence-corrected chi connectivity index (χ2v) is 5.71. The molecule has 0 aromatic heterocycles. The maximum atomic E-state index is 12.2. The Morgan fingerprint density at radius 1 is 1.35 bits per heavy atom. The number of methoxy groups -OCH3 is 1. The van der Waals surface area contributed by atoms with Crippen molar-refractivity contribution in [3.63, 3.8) is 0 Å². The fourth-order valence-corrected chi connectivity index (χ4v) is 2.76. The van der Waals surface area contributed by atoms with Crippen molar-refractivity contribution in [3.8, 4) is 5.75 Å². The Bertz CT molecular complexity index is 628. The Hall–Kier alpha value is -2.08. The van der Waals surface area contributed by atoms with Crippen LogP contribution in [0, 0.1) is 0 Å². The molecule has 1 atom stereocenters. The van der Waals surface area contributed by atoms with Gasteiger partial charge in [-0.05, 0) is 31.6 Å². The lowest BCUT2D eigenvalue weighted by molar-refractivity contribution is -0.136. The van der Waals surface area contributed by atoms with Crippen molar-refractivity contribution in [1.82, 2.24) is 10.6 Å². The largest absolute Gasteiger partial charge is 0.493 e. The van der Waals surface area contributed by atoms with E-state index < -0.39 is 12.0 Å². The molecule has 1 aromatic rings. The zero-order chi connectivity index (χ0) is 16.8. The van der Waals surface area contributed by atoms with E-state index in [1.807, 2.05) is 31.2 Å². The van der Waals surface area contributed by atoms with Crippen molar-refractivity contribution >= 4 is 23.3 Å². The minimum atomic E-state index is -0.394. The van der Waals surface area contributed by atoms with Crippen molar-refractivity contribution in [2.24, 2.45) is 0 Å². The highest BCUT2D eigenvalue weighted by Crippen LogP contribution is 2.33. The number of hydrogen-bond acceptors (Lipinski definition) is 4. The quantitative estimate of drug-likeness (QED) is 0.474. The van der Waals surface area contributed by atoms with Crippen LogP contribution in [0.5, 0.6) is 5.75 Å². The number of hydrogen-bond donors (Lipinski definition) is 2. The van der Waals surface area contributed by atoms with Gasteiger partial charge in [0.05, 0.1) is 25.3 Å². The number of benzene rings is 1. The minimum absolute atomic E-state index is 0.390. The van der Waals surface area contributed by atoms with Gasteiger partial charge in [0, 0.05) is 11.3 Å². The molecule has 1 aliphatic heterocycles. The van der Waals surface area contributed by atoms with E-state index in [2.05, 4.69) is 17.6 Å². The number of ether oxygens (including phenoxy) is 2. The van der Waals surface area contributed by atoms with Crippen LogP contribution in [0.1, 0.15) is 38.3 Å². The Kier molecular flexibility index (Phi) is 5.98. The van der Waals surface area contributed by atoms with E-state index in [-0.39, 0.29) is 0 Å². The molecule has 0 fully saturated rings. The van der Waals surface area contributed by atoms with Crippen LogP contribution in [-0.2, 0) is 9.53 Å². The normalized spacial score (nSPS) is 17.3. The van der Waals surface area contributed by atoms with Gasteiger partial charge < -0.3 is 20.1 Å². The highest BCUT2D eigenvalue weighted by Gasteiger charge is 2.32. The summed E-state index contributed by atoms with van der Waals surface area (Å²) in [6, 6.07) is 7.27. The summed E-state index contributed by atoms with van der Waals surface area (Å²) in [5.41, 5.74) is 2.06. The van der Waals surface area contributed by atoms with Crippen LogP contribution in [0.15, 0.2) is 35.5 Å². The van der Waals surface area contributed by atoms with Crippen LogP contribution in [0.25, 0.3) is 0 Å². The SMILES string of the molecule is CCCCOc1ccccc1[C@@H]1NC(=S)NC(C)=C1C(=O)OC. The molecule has 0 bridgehead atoms. The van der Waals surface area contributed by atoms with Crippen LogP contribution in [0.2, 0.25) is 0 Å². The molecule has 0 aliphatic carbocycles. The summed E-state index contributed by atoms with van der Waals surface area (Å²) in [6.07, 6.45) is 2.04. The van der Waals surface area contributed by atoms with Crippen molar-refractivity contribution < 1.29 is 14.3 Å². The summed E-state index contributed by atoms with van der Waals surface area (Å²) in [5, 5.41) is 6.59. The molecule has 1 aromatic carbocycles. The third-order valence-corrected chi connectivity index (χ3v) is 3.88. The second-order valence-electron chi connectivity index (χ2n) is 5.30. The van der Waals surface area contributed by atoms with Crippen molar-refractivity contribution in [2.75, 3.05) is 13.7 Å². The monoisotopic (exact) mass is 334 g/mol. The van der Waals surface area contributed by atoms with Gasteiger partial charge in [-0.3, -0.25) is 0 Å². The maximum Gasteiger partial charge on any atom is 0.337 e. The Morgan fingerprint density at radius 2 is 2.09 bits per heavy atom. The van der Waals surface area contributed by atoms with E-state index in [1.54, 1.807) is 0 Å². The van der Waals surface area contributed by atoms with Crippen LogP contribution in [0.3, 0.4) is 0 Å². The number of rotatable bonds is 6.